The number of halogens is 2. The lowest BCUT2D eigenvalue weighted by molar-refractivity contribution is 1.44. The maximum Gasteiger partial charge on any atom is 0.109 e. The van der Waals surface area contributed by atoms with Crippen LogP contribution in [0.3, 0.4) is 0 Å². The summed E-state index contributed by atoms with van der Waals surface area (Å²) in [5, 5.41) is 9.70. The minimum absolute atomic E-state index is 0.920. The van der Waals surface area contributed by atoms with Crippen LogP contribution in [-0.2, 0) is 0 Å². The van der Waals surface area contributed by atoms with Crippen LogP contribution in [0.2, 0.25) is 0 Å². The molecule has 2 nitrogen and oxygen atoms in total. The van der Waals surface area contributed by atoms with E-state index in [4.69, 9.17) is 9.97 Å². The number of aromatic nitrogens is 2. The van der Waals surface area contributed by atoms with Crippen molar-refractivity contribution in [3.63, 3.8) is 0 Å². The molecule has 0 saturated heterocycles. The van der Waals surface area contributed by atoms with Gasteiger partial charge in [0.1, 0.15) is 11.0 Å². The molecular weight excluding hydrogens is 788 g/mol. The van der Waals surface area contributed by atoms with Crippen molar-refractivity contribution in [1.29, 1.82) is 0 Å². The zero-order valence-corrected chi connectivity index (χ0v) is 31.0. The fourth-order valence-electron chi connectivity index (χ4n) is 7.44. The Kier molecular flexibility index (Phi) is 6.20. The molecule has 0 unspecified atom stereocenters. The van der Waals surface area contributed by atoms with Crippen LogP contribution in [-0.4, -0.2) is 9.97 Å². The lowest BCUT2D eigenvalue weighted by atomic mass is 9.99. The second-order valence-electron chi connectivity index (χ2n) is 12.3. The molecule has 0 spiro atoms. The fraction of sp³-hybridized carbons (Fsp3) is 0. The maximum atomic E-state index is 5.65. The Hall–Kier alpha value is -4.24. The lowest BCUT2D eigenvalue weighted by Crippen LogP contribution is -1.92. The van der Waals surface area contributed by atoms with Crippen LogP contribution >= 0.6 is 65.9 Å². The highest BCUT2D eigenvalue weighted by atomic mass is 79.9. The van der Waals surface area contributed by atoms with Crippen molar-refractivity contribution in [3.8, 4) is 20.9 Å². The van der Waals surface area contributed by atoms with Gasteiger partial charge < -0.3 is 0 Å². The Labute approximate surface area is 308 Å². The number of nitrogens with zero attached hydrogens (tertiary/aromatic N) is 2. The minimum atomic E-state index is 0.920. The van der Waals surface area contributed by atoms with Crippen molar-refractivity contribution in [2.75, 3.05) is 0 Å². The SMILES string of the molecule is Brc1ccc2c3ccc(Br)cc3c3nc4c(-c5cccc6c5sc5ccccc56)sc(-c5cccc6c5sc5ccccc56)c4nc3c2c1. The van der Waals surface area contributed by atoms with E-state index < -0.39 is 0 Å². The Morgan fingerprint density at radius 3 is 1.31 bits per heavy atom. The van der Waals surface area contributed by atoms with Crippen LogP contribution < -0.4 is 0 Å². The third kappa shape index (κ3) is 4.14. The summed E-state index contributed by atoms with van der Waals surface area (Å²) in [5.41, 5.74) is 6.17. The standard InChI is InChI=1S/C42H20Br2N2S3/c43-21-15-17-23-24-18-16-22(44)20-32(24)36-35(31(23)19-21)45-37-38(46-36)42(30-12-6-10-28-26-8-2-4-14-34(26)48-40(28)30)49-41(37)29-11-5-9-27-25-7-1-3-13-33(25)47-39(27)29/h1-20H. The summed E-state index contributed by atoms with van der Waals surface area (Å²) < 4.78 is 7.22. The minimum Gasteiger partial charge on any atom is -0.242 e. The molecule has 0 fully saturated rings. The second-order valence-corrected chi connectivity index (χ2v) is 17.3. The first kappa shape index (κ1) is 28.6. The Bertz CT molecular complexity index is 2990. The molecule has 7 aromatic carbocycles. The first-order valence-electron chi connectivity index (χ1n) is 15.9. The number of fused-ring (bicyclic) bond motifs is 13. The molecule has 11 rings (SSSR count). The topological polar surface area (TPSA) is 25.8 Å². The summed E-state index contributed by atoms with van der Waals surface area (Å²) in [6.07, 6.45) is 0. The Morgan fingerprint density at radius 1 is 0.367 bits per heavy atom. The molecule has 0 amide bonds. The summed E-state index contributed by atoms with van der Waals surface area (Å²) in [5.74, 6) is 0. The van der Waals surface area contributed by atoms with E-state index in [0.717, 1.165) is 51.5 Å². The number of benzene rings is 7. The van der Waals surface area contributed by atoms with Crippen molar-refractivity contribution in [2.45, 2.75) is 0 Å². The zero-order chi connectivity index (χ0) is 32.4. The zero-order valence-electron chi connectivity index (χ0n) is 25.4. The normalized spacial score (nSPS) is 12.3. The van der Waals surface area contributed by atoms with Gasteiger partial charge in [0, 0.05) is 71.2 Å². The van der Waals surface area contributed by atoms with Gasteiger partial charge in [-0.05, 0) is 47.2 Å². The van der Waals surface area contributed by atoms with Gasteiger partial charge in [-0.1, -0.05) is 117 Å². The molecule has 4 heterocycles. The van der Waals surface area contributed by atoms with E-state index in [2.05, 4.69) is 153 Å². The van der Waals surface area contributed by atoms with Crippen LogP contribution in [0.1, 0.15) is 0 Å². The quantitative estimate of drug-likeness (QED) is 0.163. The van der Waals surface area contributed by atoms with Crippen LogP contribution in [0.15, 0.2) is 130 Å². The third-order valence-electron chi connectivity index (χ3n) is 9.59. The molecule has 11 aromatic rings. The van der Waals surface area contributed by atoms with Gasteiger partial charge in [-0.25, -0.2) is 9.97 Å². The highest BCUT2D eigenvalue weighted by Gasteiger charge is 2.24. The van der Waals surface area contributed by atoms with E-state index in [9.17, 15) is 0 Å². The molecule has 0 N–H and O–H groups in total. The van der Waals surface area contributed by atoms with Gasteiger partial charge in [-0.15, -0.1) is 34.0 Å². The van der Waals surface area contributed by atoms with E-state index >= 15 is 0 Å². The van der Waals surface area contributed by atoms with E-state index in [1.165, 1.54) is 62.2 Å². The van der Waals surface area contributed by atoms with E-state index in [-0.39, 0.29) is 0 Å². The predicted molar refractivity (Wildman–Crippen MR) is 222 cm³/mol. The summed E-state index contributed by atoms with van der Waals surface area (Å²) >= 11 is 13.1. The average Bonchev–Trinajstić information content (AvgIpc) is 3.82. The predicted octanol–water partition coefficient (Wildman–Crippen LogP) is 14.7. The molecule has 49 heavy (non-hydrogen) atoms. The van der Waals surface area contributed by atoms with Crippen molar-refractivity contribution >= 4 is 150 Å². The number of rotatable bonds is 2. The van der Waals surface area contributed by atoms with E-state index in [0.29, 0.717) is 0 Å². The lowest BCUT2D eigenvalue weighted by Gasteiger charge is -2.11. The van der Waals surface area contributed by atoms with Gasteiger partial charge in [-0.2, -0.15) is 0 Å². The summed E-state index contributed by atoms with van der Waals surface area (Å²) in [7, 11) is 0. The number of thiophene rings is 3. The highest BCUT2D eigenvalue weighted by Crippen LogP contribution is 2.51. The van der Waals surface area contributed by atoms with Crippen molar-refractivity contribution < 1.29 is 0 Å². The maximum absolute atomic E-state index is 5.65. The summed E-state index contributed by atoms with van der Waals surface area (Å²) in [4.78, 5) is 13.6. The fourth-order valence-corrected chi connectivity index (χ4v) is 12.0. The van der Waals surface area contributed by atoms with Crippen LogP contribution in [0.25, 0.3) is 105 Å². The summed E-state index contributed by atoms with van der Waals surface area (Å²) in [6, 6.07) is 43.9. The molecule has 7 heteroatoms. The molecule has 0 aliphatic heterocycles. The van der Waals surface area contributed by atoms with Crippen LogP contribution in [0, 0.1) is 0 Å². The summed E-state index contributed by atoms with van der Waals surface area (Å²) in [6.45, 7) is 0. The Morgan fingerprint density at radius 2 is 0.816 bits per heavy atom. The highest BCUT2D eigenvalue weighted by molar-refractivity contribution is 9.10. The number of hydrogen-bond donors (Lipinski definition) is 0. The first-order valence-corrected chi connectivity index (χ1v) is 19.9. The molecule has 230 valence electrons. The largest absolute Gasteiger partial charge is 0.242 e. The van der Waals surface area contributed by atoms with E-state index in [1.807, 2.05) is 34.0 Å². The number of hydrogen-bond acceptors (Lipinski definition) is 5. The van der Waals surface area contributed by atoms with Gasteiger partial charge in [0.25, 0.3) is 0 Å². The molecule has 0 radical (unpaired) electrons. The average molecular weight is 809 g/mol. The Balaban J connectivity index is 1.33. The third-order valence-corrected chi connectivity index (χ3v) is 14.3. The van der Waals surface area contributed by atoms with Crippen molar-refractivity contribution in [3.05, 3.63) is 130 Å². The molecule has 0 atom stereocenters. The molecular formula is C42H20Br2N2S3. The van der Waals surface area contributed by atoms with E-state index in [1.54, 1.807) is 0 Å². The molecule has 0 aliphatic rings. The van der Waals surface area contributed by atoms with Crippen molar-refractivity contribution in [1.82, 2.24) is 9.97 Å². The van der Waals surface area contributed by atoms with Gasteiger partial charge >= 0.3 is 0 Å². The van der Waals surface area contributed by atoms with Gasteiger partial charge in [0.05, 0.1) is 20.8 Å². The second kappa shape index (κ2) is 10.6. The van der Waals surface area contributed by atoms with Gasteiger partial charge in [0.15, 0.2) is 0 Å². The van der Waals surface area contributed by atoms with Crippen molar-refractivity contribution in [2.24, 2.45) is 0 Å². The van der Waals surface area contributed by atoms with Crippen LogP contribution in [0.4, 0.5) is 0 Å². The molecule has 0 saturated carbocycles. The smallest absolute Gasteiger partial charge is 0.109 e. The molecule has 4 aromatic heterocycles. The first-order chi connectivity index (χ1) is 24.1. The van der Waals surface area contributed by atoms with Gasteiger partial charge in [-0.3, -0.25) is 0 Å². The molecule has 0 aliphatic carbocycles. The van der Waals surface area contributed by atoms with Crippen LogP contribution in [0.5, 0.6) is 0 Å². The molecule has 0 bridgehead atoms. The monoisotopic (exact) mass is 806 g/mol. The van der Waals surface area contributed by atoms with Gasteiger partial charge in [0.2, 0.25) is 0 Å².